The lowest BCUT2D eigenvalue weighted by Gasteiger charge is -2.22. The van der Waals surface area contributed by atoms with Crippen molar-refractivity contribution in [1.29, 1.82) is 0 Å². The summed E-state index contributed by atoms with van der Waals surface area (Å²) in [7, 11) is 0. The zero-order chi connectivity index (χ0) is 34.3. The van der Waals surface area contributed by atoms with Gasteiger partial charge in [0.25, 0.3) is 5.91 Å². The van der Waals surface area contributed by atoms with Crippen LogP contribution in [0.15, 0.2) is 73.1 Å². The monoisotopic (exact) mass is 656 g/mol. The molecular weight excluding hydrogens is 615 g/mol. The molecule has 2 aromatic carbocycles. The van der Waals surface area contributed by atoms with Gasteiger partial charge in [0.2, 0.25) is 0 Å². The van der Waals surface area contributed by atoms with Crippen LogP contribution in [0.5, 0.6) is 11.5 Å². The van der Waals surface area contributed by atoms with Gasteiger partial charge in [0, 0.05) is 37.2 Å². The first-order valence-electron chi connectivity index (χ1n) is 15.9. The fourth-order valence-electron chi connectivity index (χ4n) is 5.28. The van der Waals surface area contributed by atoms with E-state index in [0.717, 1.165) is 31.5 Å². The van der Waals surface area contributed by atoms with E-state index < -0.39 is 17.4 Å². The van der Waals surface area contributed by atoms with Crippen LogP contribution in [0.3, 0.4) is 0 Å². The second-order valence-corrected chi connectivity index (χ2v) is 12.8. The van der Waals surface area contributed by atoms with Gasteiger partial charge in [-0.05, 0) is 108 Å². The number of carbonyl (C=O) groups is 3. The number of pyridine rings is 1. The molecule has 0 aliphatic carbocycles. The summed E-state index contributed by atoms with van der Waals surface area (Å²) in [4.78, 5) is 47.2. The predicted molar refractivity (Wildman–Crippen MR) is 182 cm³/mol. The minimum atomic E-state index is -0.567. The van der Waals surface area contributed by atoms with Crippen molar-refractivity contribution in [3.05, 3.63) is 90.0 Å². The molecule has 252 valence electrons. The highest BCUT2D eigenvalue weighted by Crippen LogP contribution is 2.27. The molecule has 0 bridgehead atoms. The van der Waals surface area contributed by atoms with E-state index >= 15 is 0 Å². The Morgan fingerprint density at radius 3 is 2.58 bits per heavy atom. The maximum absolute atomic E-state index is 14.0. The third-order valence-corrected chi connectivity index (χ3v) is 7.62. The molecule has 4 N–H and O–H groups in total. The van der Waals surface area contributed by atoms with E-state index in [9.17, 15) is 18.8 Å². The number of likely N-dealkylation sites (tertiary alicyclic amines) is 1. The van der Waals surface area contributed by atoms with Crippen LogP contribution in [0, 0.1) is 18.7 Å². The minimum Gasteiger partial charge on any atom is -0.460 e. The zero-order valence-electron chi connectivity index (χ0n) is 27.6. The Balaban J connectivity index is 1.07. The fourth-order valence-corrected chi connectivity index (χ4v) is 5.28. The number of aromatic nitrogens is 2. The maximum atomic E-state index is 14.0. The second-order valence-electron chi connectivity index (χ2n) is 12.8. The van der Waals surface area contributed by atoms with E-state index in [1.54, 1.807) is 67.0 Å². The number of esters is 1. The summed E-state index contributed by atoms with van der Waals surface area (Å²) in [6, 6.07) is 15.9. The van der Waals surface area contributed by atoms with Crippen molar-refractivity contribution in [2.24, 2.45) is 5.92 Å². The number of ether oxygens (including phenoxy) is 2. The second kappa shape index (κ2) is 15.1. The SMILES string of the molecule is Cc1ccc(F)c(NC(=O)Nc2ccc(Oc3ccnc(-c4cc(C(=O)NCCCN5CCC(C(=O)OC(C)(C)C)C5)c[nH]4)c3)cc2)c1. The molecule has 12 heteroatoms. The highest BCUT2D eigenvalue weighted by Gasteiger charge is 2.31. The number of nitrogens with zero attached hydrogens (tertiary/aromatic N) is 2. The fraction of sp³-hybridized carbons (Fsp3) is 0.333. The third kappa shape index (κ3) is 9.64. The topological polar surface area (TPSA) is 138 Å². The Hall–Kier alpha value is -5.23. The summed E-state index contributed by atoms with van der Waals surface area (Å²) >= 11 is 0. The Morgan fingerprint density at radius 2 is 1.81 bits per heavy atom. The Labute approximate surface area is 279 Å². The van der Waals surface area contributed by atoms with Crippen LogP contribution in [0.4, 0.5) is 20.6 Å². The van der Waals surface area contributed by atoms with Gasteiger partial charge >= 0.3 is 12.0 Å². The number of benzene rings is 2. The van der Waals surface area contributed by atoms with E-state index in [0.29, 0.717) is 47.2 Å². The molecule has 5 rings (SSSR count). The van der Waals surface area contributed by atoms with Crippen molar-refractivity contribution >= 4 is 29.3 Å². The standard InChI is InChI=1S/C36H41FN6O5/c1-23-6-11-29(37)30(18-23)42-35(46)41-26-7-9-27(10-8-26)47-28-12-15-38-32(20-28)31-19-25(21-40-31)33(44)39-14-5-16-43-17-13-24(22-43)34(45)48-36(2,3)4/h6-12,15,18-21,24,40H,5,13-14,16-17,22H2,1-4H3,(H,39,44)(H2,41,42,46). The molecule has 1 atom stereocenters. The molecule has 3 amide bonds. The van der Waals surface area contributed by atoms with Crippen molar-refractivity contribution in [3.63, 3.8) is 0 Å². The van der Waals surface area contributed by atoms with E-state index in [1.165, 1.54) is 6.07 Å². The number of amides is 3. The molecule has 1 saturated heterocycles. The number of halogens is 1. The number of carbonyl (C=O) groups excluding carboxylic acids is 3. The molecule has 11 nitrogen and oxygen atoms in total. The molecule has 2 aromatic heterocycles. The molecule has 0 saturated carbocycles. The minimum absolute atomic E-state index is 0.0980. The van der Waals surface area contributed by atoms with Gasteiger partial charge in [0.15, 0.2) is 0 Å². The summed E-state index contributed by atoms with van der Waals surface area (Å²) in [6.45, 7) is 10.3. The van der Waals surface area contributed by atoms with Crippen LogP contribution in [0.25, 0.3) is 11.4 Å². The number of anilines is 2. The molecule has 3 heterocycles. The van der Waals surface area contributed by atoms with Gasteiger partial charge in [-0.15, -0.1) is 0 Å². The number of nitrogens with one attached hydrogen (secondary N) is 4. The van der Waals surface area contributed by atoms with Crippen LogP contribution in [0.2, 0.25) is 0 Å². The van der Waals surface area contributed by atoms with Crippen molar-refractivity contribution < 1.29 is 28.2 Å². The highest BCUT2D eigenvalue weighted by atomic mass is 19.1. The van der Waals surface area contributed by atoms with Gasteiger partial charge in [0.05, 0.1) is 28.6 Å². The van der Waals surface area contributed by atoms with Gasteiger partial charge in [-0.25, -0.2) is 9.18 Å². The molecule has 0 radical (unpaired) electrons. The number of aromatic amines is 1. The summed E-state index contributed by atoms with van der Waals surface area (Å²) in [5, 5.41) is 8.15. The molecular formula is C36H41FN6O5. The molecule has 1 unspecified atom stereocenters. The third-order valence-electron chi connectivity index (χ3n) is 7.62. The normalized spacial score (nSPS) is 14.7. The van der Waals surface area contributed by atoms with Crippen LogP contribution in [-0.4, -0.2) is 64.6 Å². The number of rotatable bonds is 11. The maximum Gasteiger partial charge on any atom is 0.323 e. The summed E-state index contributed by atoms with van der Waals surface area (Å²) in [6.07, 6.45) is 4.81. The van der Waals surface area contributed by atoms with Crippen LogP contribution >= 0.6 is 0 Å². The lowest BCUT2D eigenvalue weighted by atomic mass is 10.1. The van der Waals surface area contributed by atoms with Crippen molar-refractivity contribution in [2.45, 2.75) is 46.1 Å². The summed E-state index contributed by atoms with van der Waals surface area (Å²) < 4.78 is 25.5. The summed E-state index contributed by atoms with van der Waals surface area (Å²) in [5.41, 5.74) is 2.69. The first kappa shape index (κ1) is 34.1. The number of hydrogen-bond donors (Lipinski definition) is 4. The van der Waals surface area contributed by atoms with Gasteiger partial charge in [0.1, 0.15) is 22.9 Å². The van der Waals surface area contributed by atoms with Crippen LogP contribution in [-0.2, 0) is 9.53 Å². The lowest BCUT2D eigenvalue weighted by Crippen LogP contribution is -2.32. The van der Waals surface area contributed by atoms with Crippen molar-refractivity contribution in [2.75, 3.05) is 36.8 Å². The highest BCUT2D eigenvalue weighted by molar-refractivity contribution is 6.00. The predicted octanol–water partition coefficient (Wildman–Crippen LogP) is 6.74. The Morgan fingerprint density at radius 1 is 1.02 bits per heavy atom. The van der Waals surface area contributed by atoms with Crippen LogP contribution in [0.1, 0.15) is 49.5 Å². The molecule has 1 aliphatic rings. The molecule has 4 aromatic rings. The summed E-state index contributed by atoms with van der Waals surface area (Å²) in [5.74, 6) is 0.114. The first-order chi connectivity index (χ1) is 22.9. The van der Waals surface area contributed by atoms with Gasteiger partial charge in [-0.2, -0.15) is 0 Å². The average molecular weight is 657 g/mol. The zero-order valence-corrected chi connectivity index (χ0v) is 27.6. The number of aryl methyl sites for hydroxylation is 1. The molecule has 1 fully saturated rings. The average Bonchev–Trinajstić information content (AvgIpc) is 3.72. The molecule has 0 spiro atoms. The van der Waals surface area contributed by atoms with E-state index in [1.807, 2.05) is 27.7 Å². The number of hydrogen-bond acceptors (Lipinski definition) is 7. The quantitative estimate of drug-likeness (QED) is 0.104. The van der Waals surface area contributed by atoms with E-state index in [4.69, 9.17) is 9.47 Å². The Kier molecular flexibility index (Phi) is 10.7. The van der Waals surface area contributed by atoms with Gasteiger partial charge < -0.3 is 35.3 Å². The van der Waals surface area contributed by atoms with Gasteiger partial charge in [-0.1, -0.05) is 6.07 Å². The first-order valence-corrected chi connectivity index (χ1v) is 15.9. The van der Waals surface area contributed by atoms with Crippen molar-refractivity contribution in [3.8, 4) is 22.9 Å². The number of urea groups is 1. The smallest absolute Gasteiger partial charge is 0.323 e. The van der Waals surface area contributed by atoms with Crippen LogP contribution < -0.4 is 20.7 Å². The Bertz CT molecular complexity index is 1750. The van der Waals surface area contributed by atoms with E-state index in [-0.39, 0.29) is 23.5 Å². The van der Waals surface area contributed by atoms with Crippen molar-refractivity contribution in [1.82, 2.24) is 20.2 Å². The molecule has 48 heavy (non-hydrogen) atoms. The van der Waals surface area contributed by atoms with E-state index in [2.05, 4.69) is 30.8 Å². The number of H-pyrrole nitrogens is 1. The molecule has 1 aliphatic heterocycles. The largest absolute Gasteiger partial charge is 0.460 e. The van der Waals surface area contributed by atoms with Gasteiger partial charge in [-0.3, -0.25) is 14.6 Å². The lowest BCUT2D eigenvalue weighted by molar-refractivity contribution is -0.159.